The molecule has 0 atom stereocenters. The average molecular weight is 429 g/mol. The Balaban J connectivity index is 1.52. The molecule has 7 nitrogen and oxygen atoms in total. The van der Waals surface area contributed by atoms with Gasteiger partial charge in [-0.2, -0.15) is 0 Å². The van der Waals surface area contributed by atoms with Gasteiger partial charge in [-0.05, 0) is 43.7 Å². The van der Waals surface area contributed by atoms with E-state index in [1.54, 1.807) is 0 Å². The number of anilines is 2. The molecule has 0 bridgehead atoms. The highest BCUT2D eigenvalue weighted by molar-refractivity contribution is 6.31. The van der Waals surface area contributed by atoms with Gasteiger partial charge < -0.3 is 20.4 Å². The molecule has 0 saturated carbocycles. The number of nitrogens with zero attached hydrogens (tertiary/aromatic N) is 4. The second kappa shape index (κ2) is 10.8. The van der Waals surface area contributed by atoms with Crippen molar-refractivity contribution >= 4 is 35.0 Å². The topological polar surface area (TPSA) is 72.9 Å². The van der Waals surface area contributed by atoms with Crippen LogP contribution in [0.5, 0.6) is 0 Å². The van der Waals surface area contributed by atoms with Gasteiger partial charge in [0.25, 0.3) is 0 Å². The molecule has 1 aromatic heterocycles. The Hall–Kier alpha value is -2.80. The molecule has 2 heterocycles. The van der Waals surface area contributed by atoms with Gasteiger partial charge in [0.1, 0.15) is 5.82 Å². The summed E-state index contributed by atoms with van der Waals surface area (Å²) in [6.45, 7) is 8.64. The molecular weight excluding hydrogens is 400 g/mol. The third kappa shape index (κ3) is 5.86. The Labute approximate surface area is 183 Å². The van der Waals surface area contributed by atoms with Crippen LogP contribution in [0.2, 0.25) is 5.02 Å². The molecule has 0 radical (unpaired) electrons. The summed E-state index contributed by atoms with van der Waals surface area (Å²) in [6.07, 6.45) is 2.14. The number of amides is 1. The number of piperazine rings is 1. The molecule has 1 amide bonds. The van der Waals surface area contributed by atoms with Gasteiger partial charge in [0.05, 0.1) is 6.54 Å². The average Bonchev–Trinajstić information content (AvgIpc) is 2.77. The van der Waals surface area contributed by atoms with Crippen molar-refractivity contribution in [3.63, 3.8) is 0 Å². The minimum atomic E-state index is -0.0695. The third-order valence-corrected chi connectivity index (χ3v) is 5.44. The lowest BCUT2D eigenvalue weighted by molar-refractivity contribution is -0.116. The summed E-state index contributed by atoms with van der Waals surface area (Å²) in [7, 11) is 0. The largest absolute Gasteiger partial charge is 0.357 e. The second-order valence-corrected chi connectivity index (χ2v) is 7.52. The first-order chi connectivity index (χ1) is 14.6. The molecule has 2 aromatic rings. The van der Waals surface area contributed by atoms with Gasteiger partial charge >= 0.3 is 0 Å². The number of benzene rings is 1. The Morgan fingerprint density at radius 3 is 2.67 bits per heavy atom. The molecular formula is C22H29ClN6O. The van der Waals surface area contributed by atoms with Crippen molar-refractivity contribution in [2.45, 2.75) is 20.3 Å². The highest BCUT2D eigenvalue weighted by Gasteiger charge is 2.20. The fraction of sp³-hybridized carbons (Fsp3) is 0.409. The van der Waals surface area contributed by atoms with Gasteiger partial charge in [0.15, 0.2) is 5.96 Å². The van der Waals surface area contributed by atoms with Gasteiger partial charge in [-0.15, -0.1) is 0 Å². The zero-order valence-corrected chi connectivity index (χ0v) is 18.3. The van der Waals surface area contributed by atoms with E-state index in [0.29, 0.717) is 18.0 Å². The van der Waals surface area contributed by atoms with E-state index in [-0.39, 0.29) is 5.91 Å². The molecule has 2 N–H and O–H groups in total. The highest BCUT2D eigenvalue weighted by atomic mass is 35.5. The Kier molecular flexibility index (Phi) is 7.90. The van der Waals surface area contributed by atoms with E-state index >= 15 is 0 Å². The van der Waals surface area contributed by atoms with Crippen LogP contribution in [-0.2, 0) is 4.79 Å². The monoisotopic (exact) mass is 428 g/mol. The number of carbonyl (C=O) groups excluding carboxylic acids is 1. The first-order valence-electron chi connectivity index (χ1n) is 10.3. The third-order valence-electron chi connectivity index (χ3n) is 5.03. The standard InChI is InChI=1S/C22H29ClN6O/c1-3-24-22(29-15-13-28(14-16-29)20-9-4-5-11-25-20)26-12-10-21(30)27-19-8-6-7-18(23)17(19)2/h4-9,11H,3,10,12-16H2,1-2H3,(H,24,26)(H,27,30). The minimum Gasteiger partial charge on any atom is -0.357 e. The van der Waals surface area contributed by atoms with Crippen molar-refractivity contribution in [3.05, 3.63) is 53.2 Å². The van der Waals surface area contributed by atoms with E-state index in [1.165, 1.54) is 0 Å². The molecule has 1 aliphatic rings. The first-order valence-corrected chi connectivity index (χ1v) is 10.7. The number of nitrogens with one attached hydrogen (secondary N) is 2. The fourth-order valence-electron chi connectivity index (χ4n) is 3.33. The summed E-state index contributed by atoms with van der Waals surface area (Å²) >= 11 is 6.12. The summed E-state index contributed by atoms with van der Waals surface area (Å²) in [5.74, 6) is 1.79. The predicted molar refractivity (Wildman–Crippen MR) is 123 cm³/mol. The van der Waals surface area contributed by atoms with Crippen molar-refractivity contribution < 1.29 is 4.79 Å². The van der Waals surface area contributed by atoms with Crippen molar-refractivity contribution in [2.24, 2.45) is 4.99 Å². The highest BCUT2D eigenvalue weighted by Crippen LogP contribution is 2.23. The van der Waals surface area contributed by atoms with Crippen molar-refractivity contribution in [1.82, 2.24) is 15.2 Å². The molecule has 8 heteroatoms. The number of rotatable bonds is 6. The van der Waals surface area contributed by atoms with E-state index in [0.717, 1.165) is 55.8 Å². The van der Waals surface area contributed by atoms with Gasteiger partial charge in [0.2, 0.25) is 5.91 Å². The van der Waals surface area contributed by atoms with Crippen LogP contribution in [0.4, 0.5) is 11.5 Å². The van der Waals surface area contributed by atoms with Gasteiger partial charge in [-0.1, -0.05) is 23.7 Å². The Morgan fingerprint density at radius 2 is 1.97 bits per heavy atom. The zero-order valence-electron chi connectivity index (χ0n) is 17.6. The molecule has 160 valence electrons. The van der Waals surface area contributed by atoms with E-state index in [1.807, 2.05) is 56.4 Å². The molecule has 1 fully saturated rings. The lowest BCUT2D eigenvalue weighted by Crippen LogP contribution is -2.52. The van der Waals surface area contributed by atoms with Gasteiger partial charge in [-0.25, -0.2) is 4.98 Å². The minimum absolute atomic E-state index is 0.0695. The SMILES string of the molecule is CCNC(=NCCC(=O)Nc1cccc(Cl)c1C)N1CCN(c2ccccn2)CC1. The van der Waals surface area contributed by atoms with E-state index < -0.39 is 0 Å². The Morgan fingerprint density at radius 1 is 1.17 bits per heavy atom. The number of carbonyl (C=O) groups is 1. The predicted octanol–water partition coefficient (Wildman–Crippen LogP) is 3.16. The van der Waals surface area contributed by atoms with E-state index in [9.17, 15) is 4.79 Å². The summed E-state index contributed by atoms with van der Waals surface area (Å²) in [6, 6.07) is 11.5. The second-order valence-electron chi connectivity index (χ2n) is 7.11. The molecule has 1 saturated heterocycles. The summed E-state index contributed by atoms with van der Waals surface area (Å²) in [5.41, 5.74) is 1.61. The zero-order chi connectivity index (χ0) is 21.3. The smallest absolute Gasteiger partial charge is 0.226 e. The maximum atomic E-state index is 12.3. The number of hydrogen-bond donors (Lipinski definition) is 2. The van der Waals surface area contributed by atoms with Crippen molar-refractivity contribution in [1.29, 1.82) is 0 Å². The summed E-state index contributed by atoms with van der Waals surface area (Å²) in [5, 5.41) is 6.90. The van der Waals surface area contributed by atoms with Crippen LogP contribution in [0.15, 0.2) is 47.6 Å². The maximum absolute atomic E-state index is 12.3. The van der Waals surface area contributed by atoms with Crippen molar-refractivity contribution in [3.8, 4) is 0 Å². The molecule has 0 aliphatic carbocycles. The first kappa shape index (κ1) is 21.9. The van der Waals surface area contributed by atoms with Crippen LogP contribution in [-0.4, -0.2) is 61.0 Å². The molecule has 0 unspecified atom stereocenters. The van der Waals surface area contributed by atoms with Crippen LogP contribution in [0.25, 0.3) is 0 Å². The number of pyridine rings is 1. The van der Waals surface area contributed by atoms with E-state index in [2.05, 4.69) is 30.4 Å². The molecule has 30 heavy (non-hydrogen) atoms. The van der Waals surface area contributed by atoms with Gasteiger partial charge in [-0.3, -0.25) is 9.79 Å². The van der Waals surface area contributed by atoms with Crippen LogP contribution < -0.4 is 15.5 Å². The van der Waals surface area contributed by atoms with Crippen molar-refractivity contribution in [2.75, 3.05) is 49.5 Å². The summed E-state index contributed by atoms with van der Waals surface area (Å²) < 4.78 is 0. The molecule has 3 rings (SSSR count). The quantitative estimate of drug-likeness (QED) is 0.546. The van der Waals surface area contributed by atoms with Crippen LogP contribution in [0.1, 0.15) is 18.9 Å². The lowest BCUT2D eigenvalue weighted by atomic mass is 10.2. The lowest BCUT2D eigenvalue weighted by Gasteiger charge is -2.37. The van der Waals surface area contributed by atoms with Crippen LogP contribution in [0, 0.1) is 6.92 Å². The molecule has 1 aliphatic heterocycles. The van der Waals surface area contributed by atoms with Crippen LogP contribution in [0.3, 0.4) is 0 Å². The maximum Gasteiger partial charge on any atom is 0.226 e. The number of guanidine groups is 1. The number of hydrogen-bond acceptors (Lipinski definition) is 4. The normalized spacial score (nSPS) is 14.6. The van der Waals surface area contributed by atoms with E-state index in [4.69, 9.17) is 11.6 Å². The number of halogens is 1. The number of aromatic nitrogens is 1. The fourth-order valence-corrected chi connectivity index (χ4v) is 3.51. The summed E-state index contributed by atoms with van der Waals surface area (Å²) in [4.78, 5) is 25.9. The Bertz CT molecular complexity index is 865. The molecule has 0 spiro atoms. The van der Waals surface area contributed by atoms with Crippen LogP contribution >= 0.6 is 11.6 Å². The number of aliphatic imine (C=N–C) groups is 1. The molecule has 1 aromatic carbocycles. The van der Waals surface area contributed by atoms with Gasteiger partial charge in [0, 0.05) is 56.1 Å².